The van der Waals surface area contributed by atoms with E-state index in [0.29, 0.717) is 0 Å². The summed E-state index contributed by atoms with van der Waals surface area (Å²) in [6.45, 7) is 7.69. The van der Waals surface area contributed by atoms with Crippen molar-refractivity contribution in [1.82, 2.24) is 9.13 Å². The normalized spacial score (nSPS) is 11.5. The monoisotopic (exact) mass is 624 g/mol. The number of aryl methyl sites for hydroxylation is 2. The first-order valence-corrected chi connectivity index (χ1v) is 16.8. The first kappa shape index (κ1) is 29.6. The Labute approximate surface area is 282 Å². The predicted octanol–water partition coefficient (Wildman–Crippen LogP) is 8.65. The Bertz CT molecular complexity index is 2190. The number of fused-ring (bicyclic) bond motifs is 2. The lowest BCUT2D eigenvalue weighted by Crippen LogP contribution is -2.32. The van der Waals surface area contributed by atoms with Crippen molar-refractivity contribution in [3.63, 3.8) is 0 Å². The van der Waals surface area contributed by atoms with Crippen molar-refractivity contribution in [2.24, 2.45) is 0 Å². The Morgan fingerprint density at radius 1 is 0.417 bits per heavy atom. The van der Waals surface area contributed by atoms with E-state index in [9.17, 15) is 0 Å². The van der Waals surface area contributed by atoms with Gasteiger partial charge in [-0.2, -0.15) is 0 Å². The number of aromatic nitrogens is 4. The van der Waals surface area contributed by atoms with Gasteiger partial charge < -0.3 is 0 Å². The largest absolute Gasteiger partial charge is 0.245 e. The molecule has 0 fully saturated rings. The van der Waals surface area contributed by atoms with Crippen LogP contribution in [0.25, 0.3) is 33.2 Å². The highest BCUT2D eigenvalue weighted by molar-refractivity contribution is 5.72. The standard InChI is InChI=1S/C44H40N4/c1-33-9-7-11-37(25-33)29-47-31-45(41-13-3-5-15-43(41)47)27-35-17-21-39(22-18-35)40-23-19-36(20-24-40)28-46-32-48(44-16-6-4-14-42(44)46)30-38-12-8-10-34(2)26-38/h3-26,31-32H,27-30H2,1-2H3/q+2. The minimum absolute atomic E-state index is 0.829. The van der Waals surface area contributed by atoms with Crippen LogP contribution in [0.4, 0.5) is 0 Å². The predicted molar refractivity (Wildman–Crippen MR) is 195 cm³/mol. The Kier molecular flexibility index (Phi) is 7.91. The summed E-state index contributed by atoms with van der Waals surface area (Å²) in [5, 5.41) is 0. The molecule has 0 unspecified atom stereocenters. The highest BCUT2D eigenvalue weighted by atomic mass is 15.1. The second-order valence-electron chi connectivity index (χ2n) is 13.1. The van der Waals surface area contributed by atoms with Crippen LogP contribution < -0.4 is 9.13 Å². The van der Waals surface area contributed by atoms with E-state index in [-0.39, 0.29) is 0 Å². The van der Waals surface area contributed by atoms with Crippen LogP contribution in [-0.4, -0.2) is 9.13 Å². The van der Waals surface area contributed by atoms with Crippen molar-refractivity contribution in [2.75, 3.05) is 0 Å². The lowest BCUT2D eigenvalue weighted by atomic mass is 10.0. The summed E-state index contributed by atoms with van der Waals surface area (Å²) < 4.78 is 9.45. The number of rotatable bonds is 9. The Morgan fingerprint density at radius 2 is 0.833 bits per heavy atom. The molecule has 0 saturated carbocycles. The number of hydrogen-bond donors (Lipinski definition) is 0. The van der Waals surface area contributed by atoms with E-state index in [1.807, 2.05) is 0 Å². The van der Waals surface area contributed by atoms with Crippen molar-refractivity contribution < 1.29 is 9.13 Å². The Hall–Kier alpha value is -5.74. The molecule has 6 aromatic carbocycles. The van der Waals surface area contributed by atoms with Gasteiger partial charge in [0.1, 0.15) is 26.2 Å². The molecule has 4 nitrogen and oxygen atoms in total. The van der Waals surface area contributed by atoms with Crippen LogP contribution in [-0.2, 0) is 26.2 Å². The van der Waals surface area contributed by atoms with Gasteiger partial charge in [0.05, 0.1) is 0 Å². The third-order valence-electron chi connectivity index (χ3n) is 9.38. The topological polar surface area (TPSA) is 17.6 Å². The van der Waals surface area contributed by atoms with Crippen LogP contribution in [0, 0.1) is 13.8 Å². The molecule has 0 aliphatic carbocycles. The molecule has 4 heteroatoms. The van der Waals surface area contributed by atoms with Crippen LogP contribution in [0.1, 0.15) is 33.4 Å². The van der Waals surface area contributed by atoms with E-state index in [4.69, 9.17) is 0 Å². The van der Waals surface area contributed by atoms with E-state index < -0.39 is 0 Å². The zero-order chi connectivity index (χ0) is 32.5. The summed E-state index contributed by atoms with van der Waals surface area (Å²) in [5.41, 5.74) is 15.3. The van der Waals surface area contributed by atoms with E-state index in [1.165, 1.54) is 66.6 Å². The molecule has 0 bridgehead atoms. The third-order valence-corrected chi connectivity index (χ3v) is 9.38. The van der Waals surface area contributed by atoms with Crippen molar-refractivity contribution in [2.45, 2.75) is 40.0 Å². The molecule has 48 heavy (non-hydrogen) atoms. The molecule has 0 saturated heterocycles. The molecule has 0 N–H and O–H groups in total. The van der Waals surface area contributed by atoms with Gasteiger partial charge in [0.15, 0.2) is 22.1 Å². The Balaban J connectivity index is 0.982. The van der Waals surface area contributed by atoms with Crippen LogP contribution in [0.2, 0.25) is 0 Å². The average molecular weight is 625 g/mol. The van der Waals surface area contributed by atoms with Gasteiger partial charge in [-0.05, 0) is 71.5 Å². The number of imidazole rings is 2. The lowest BCUT2D eigenvalue weighted by Gasteiger charge is -2.06. The number of benzene rings is 6. The summed E-state index contributed by atoms with van der Waals surface area (Å²) in [7, 11) is 0. The molecule has 0 aliphatic heterocycles. The molecular formula is C44H40N4+2. The lowest BCUT2D eigenvalue weighted by molar-refractivity contribution is -0.663. The maximum absolute atomic E-state index is 2.37. The van der Waals surface area contributed by atoms with Crippen molar-refractivity contribution in [1.29, 1.82) is 0 Å². The maximum atomic E-state index is 2.37. The zero-order valence-electron chi connectivity index (χ0n) is 27.6. The Morgan fingerprint density at radius 3 is 1.25 bits per heavy atom. The fourth-order valence-electron chi connectivity index (χ4n) is 7.00. The van der Waals surface area contributed by atoms with Crippen LogP contribution in [0.15, 0.2) is 158 Å². The van der Waals surface area contributed by atoms with E-state index >= 15 is 0 Å². The molecule has 2 heterocycles. The summed E-state index contributed by atoms with van der Waals surface area (Å²) >= 11 is 0. The van der Waals surface area contributed by atoms with E-state index in [2.05, 4.69) is 190 Å². The summed E-state index contributed by atoms with van der Waals surface area (Å²) in [6.07, 6.45) is 4.52. The fourth-order valence-corrected chi connectivity index (χ4v) is 7.00. The van der Waals surface area contributed by atoms with Crippen LogP contribution in [0.3, 0.4) is 0 Å². The molecular weight excluding hydrogens is 585 g/mol. The first-order valence-electron chi connectivity index (χ1n) is 16.8. The molecule has 2 aromatic heterocycles. The van der Waals surface area contributed by atoms with Crippen molar-refractivity contribution >= 4 is 22.1 Å². The molecule has 0 amide bonds. The first-order chi connectivity index (χ1) is 23.6. The average Bonchev–Trinajstić information content (AvgIpc) is 3.62. The second kappa shape index (κ2) is 12.8. The molecule has 8 rings (SSSR count). The van der Waals surface area contributed by atoms with Gasteiger partial charge in [-0.3, -0.25) is 0 Å². The second-order valence-corrected chi connectivity index (χ2v) is 13.1. The minimum atomic E-state index is 0.829. The summed E-state index contributed by atoms with van der Waals surface area (Å²) in [5.74, 6) is 0. The fraction of sp³-hybridized carbons (Fsp3) is 0.136. The molecule has 0 atom stereocenters. The third kappa shape index (κ3) is 6.17. The number of para-hydroxylation sites is 4. The molecule has 0 spiro atoms. The summed E-state index contributed by atoms with van der Waals surface area (Å²) in [6, 6.07) is 53.0. The van der Waals surface area contributed by atoms with Crippen LogP contribution in [0.5, 0.6) is 0 Å². The van der Waals surface area contributed by atoms with Gasteiger partial charge in [0, 0.05) is 0 Å². The van der Waals surface area contributed by atoms with E-state index in [1.54, 1.807) is 0 Å². The molecule has 0 aliphatic rings. The van der Waals surface area contributed by atoms with Crippen LogP contribution >= 0.6 is 0 Å². The van der Waals surface area contributed by atoms with Crippen molar-refractivity contribution in [3.05, 3.63) is 192 Å². The van der Waals surface area contributed by atoms with Crippen molar-refractivity contribution in [3.8, 4) is 11.1 Å². The van der Waals surface area contributed by atoms with E-state index in [0.717, 1.165) is 26.2 Å². The highest BCUT2D eigenvalue weighted by Crippen LogP contribution is 2.23. The van der Waals surface area contributed by atoms with Gasteiger partial charge in [-0.25, -0.2) is 18.3 Å². The maximum Gasteiger partial charge on any atom is 0.245 e. The van der Waals surface area contributed by atoms with Gasteiger partial charge in [-0.1, -0.05) is 132 Å². The van der Waals surface area contributed by atoms with Gasteiger partial charge in [-0.15, -0.1) is 0 Å². The smallest absolute Gasteiger partial charge is 0.226 e. The molecule has 0 radical (unpaired) electrons. The quantitative estimate of drug-likeness (QED) is 0.143. The van der Waals surface area contributed by atoms with Gasteiger partial charge >= 0.3 is 0 Å². The number of hydrogen-bond acceptors (Lipinski definition) is 0. The molecule has 8 aromatic rings. The van der Waals surface area contributed by atoms with Gasteiger partial charge in [0.2, 0.25) is 12.7 Å². The summed E-state index contributed by atoms with van der Waals surface area (Å²) in [4.78, 5) is 0. The minimum Gasteiger partial charge on any atom is -0.226 e. The molecule has 234 valence electrons. The van der Waals surface area contributed by atoms with Gasteiger partial charge in [0.25, 0.3) is 0 Å². The SMILES string of the molecule is Cc1cccc(C[n+]2cn(Cc3ccc(-c4ccc(Cn5c[n+](Cc6cccc(C)c6)c6ccccc65)cc4)cc3)c3ccccc32)c1. The number of nitrogens with zero attached hydrogens (tertiary/aromatic N) is 4. The highest BCUT2D eigenvalue weighted by Gasteiger charge is 2.18. The zero-order valence-corrected chi connectivity index (χ0v) is 27.6.